The Bertz CT molecular complexity index is 810. The van der Waals surface area contributed by atoms with Crippen LogP contribution < -0.4 is 4.74 Å². The highest BCUT2D eigenvalue weighted by Gasteiger charge is 2.31. The molecule has 22 heavy (non-hydrogen) atoms. The highest BCUT2D eigenvalue weighted by molar-refractivity contribution is 9.10. The summed E-state index contributed by atoms with van der Waals surface area (Å²) in [5.74, 6) is 2.73. The van der Waals surface area contributed by atoms with Crippen molar-refractivity contribution in [1.82, 2.24) is 9.97 Å². The zero-order chi connectivity index (χ0) is 15.1. The molecule has 2 N–H and O–H groups in total. The number of para-hydroxylation sites is 1. The smallest absolute Gasteiger partial charge is 0.169 e. The number of aliphatic hydroxyl groups excluding tert-OH is 1. The maximum atomic E-state index is 9.47. The van der Waals surface area contributed by atoms with E-state index in [4.69, 9.17) is 9.72 Å². The maximum absolute atomic E-state index is 9.47. The van der Waals surface area contributed by atoms with Crippen LogP contribution in [0.1, 0.15) is 24.6 Å². The highest BCUT2D eigenvalue weighted by atomic mass is 79.9. The van der Waals surface area contributed by atoms with Crippen molar-refractivity contribution in [2.75, 3.05) is 0 Å². The molecular formula is C17H15BrN2O2. The largest absolute Gasteiger partial charge is 0.454 e. The Morgan fingerprint density at radius 3 is 2.64 bits per heavy atom. The fraction of sp³-hybridized carbons (Fsp3) is 0.235. The van der Waals surface area contributed by atoms with Gasteiger partial charge in [-0.2, -0.15) is 0 Å². The first-order valence-corrected chi connectivity index (χ1v) is 8.09. The van der Waals surface area contributed by atoms with Crippen LogP contribution in [0.4, 0.5) is 0 Å². The molecule has 1 saturated carbocycles. The van der Waals surface area contributed by atoms with Crippen LogP contribution in [0.5, 0.6) is 11.5 Å². The van der Waals surface area contributed by atoms with Crippen LogP contribution >= 0.6 is 15.9 Å². The standard InChI is InChI=1S/C17H15BrN2O2/c18-13-6-7-14-15(16(13)22-12-4-2-1-3-5-12)20-17(19-14)10-8-11(21)9-10/h1-7,10-11,21H,8-9H2,(H,19,20). The molecule has 4 rings (SSSR count). The Balaban J connectivity index is 1.74. The molecule has 0 amide bonds. The van der Waals surface area contributed by atoms with Gasteiger partial charge in [0.05, 0.1) is 16.1 Å². The van der Waals surface area contributed by atoms with Crippen molar-refractivity contribution in [1.29, 1.82) is 0 Å². The van der Waals surface area contributed by atoms with Gasteiger partial charge in [0.15, 0.2) is 5.75 Å². The van der Waals surface area contributed by atoms with Crippen LogP contribution in [0.15, 0.2) is 46.9 Å². The summed E-state index contributed by atoms with van der Waals surface area (Å²) in [6.07, 6.45) is 1.36. The quantitative estimate of drug-likeness (QED) is 0.731. The van der Waals surface area contributed by atoms with Gasteiger partial charge in [-0.25, -0.2) is 4.98 Å². The van der Waals surface area contributed by atoms with Crippen molar-refractivity contribution in [3.05, 3.63) is 52.8 Å². The molecule has 0 unspecified atom stereocenters. The first-order valence-electron chi connectivity index (χ1n) is 7.30. The van der Waals surface area contributed by atoms with E-state index in [0.29, 0.717) is 11.7 Å². The van der Waals surface area contributed by atoms with Crippen molar-refractivity contribution >= 4 is 27.0 Å². The Hall–Kier alpha value is -1.85. The van der Waals surface area contributed by atoms with Crippen LogP contribution in [-0.2, 0) is 0 Å². The molecule has 0 saturated heterocycles. The van der Waals surface area contributed by atoms with E-state index in [2.05, 4.69) is 20.9 Å². The third kappa shape index (κ3) is 2.40. The Kier molecular flexibility index (Phi) is 3.39. The maximum Gasteiger partial charge on any atom is 0.169 e. The van der Waals surface area contributed by atoms with Gasteiger partial charge in [-0.1, -0.05) is 18.2 Å². The number of ether oxygens (including phenoxy) is 1. The molecule has 112 valence electrons. The molecule has 1 aliphatic rings. The van der Waals surface area contributed by atoms with Crippen LogP contribution in [0, 0.1) is 0 Å². The monoisotopic (exact) mass is 358 g/mol. The van der Waals surface area contributed by atoms with Gasteiger partial charge in [0.25, 0.3) is 0 Å². The van der Waals surface area contributed by atoms with Crippen molar-refractivity contribution in [3.63, 3.8) is 0 Å². The number of aliphatic hydroxyl groups is 1. The Morgan fingerprint density at radius 1 is 1.14 bits per heavy atom. The minimum absolute atomic E-state index is 0.190. The molecule has 0 aliphatic heterocycles. The van der Waals surface area contributed by atoms with Gasteiger partial charge >= 0.3 is 0 Å². The number of benzene rings is 2. The van der Waals surface area contributed by atoms with E-state index in [-0.39, 0.29) is 6.10 Å². The number of hydrogen-bond donors (Lipinski definition) is 2. The van der Waals surface area contributed by atoms with Gasteiger partial charge < -0.3 is 14.8 Å². The molecular weight excluding hydrogens is 344 g/mol. The fourth-order valence-corrected chi connectivity index (χ4v) is 3.15. The minimum atomic E-state index is -0.190. The number of nitrogens with zero attached hydrogens (tertiary/aromatic N) is 1. The van der Waals surface area contributed by atoms with E-state index >= 15 is 0 Å². The third-order valence-electron chi connectivity index (χ3n) is 4.04. The van der Waals surface area contributed by atoms with E-state index < -0.39 is 0 Å². The number of H-pyrrole nitrogens is 1. The summed E-state index contributed by atoms with van der Waals surface area (Å²) in [6.45, 7) is 0. The van der Waals surface area contributed by atoms with Gasteiger partial charge in [-0.15, -0.1) is 0 Å². The molecule has 1 fully saturated rings. The average molecular weight is 359 g/mol. The van der Waals surface area contributed by atoms with Crippen molar-refractivity contribution in [2.45, 2.75) is 24.9 Å². The topological polar surface area (TPSA) is 58.1 Å². The van der Waals surface area contributed by atoms with Crippen LogP contribution in [0.25, 0.3) is 11.0 Å². The summed E-state index contributed by atoms with van der Waals surface area (Å²) >= 11 is 3.54. The van der Waals surface area contributed by atoms with Gasteiger partial charge in [-0.3, -0.25) is 0 Å². The van der Waals surface area contributed by atoms with E-state index in [0.717, 1.165) is 39.9 Å². The first-order chi connectivity index (χ1) is 10.7. The second kappa shape index (κ2) is 5.41. The van der Waals surface area contributed by atoms with E-state index in [1.54, 1.807) is 0 Å². The molecule has 5 heteroatoms. The van der Waals surface area contributed by atoms with Crippen LogP contribution in [-0.4, -0.2) is 21.2 Å². The number of hydrogen-bond acceptors (Lipinski definition) is 3. The van der Waals surface area contributed by atoms with E-state index in [1.807, 2.05) is 42.5 Å². The van der Waals surface area contributed by atoms with E-state index in [9.17, 15) is 5.11 Å². The van der Waals surface area contributed by atoms with Crippen molar-refractivity contribution < 1.29 is 9.84 Å². The third-order valence-corrected chi connectivity index (χ3v) is 4.67. The van der Waals surface area contributed by atoms with Crippen molar-refractivity contribution in [3.8, 4) is 11.5 Å². The first kappa shape index (κ1) is 13.8. The van der Waals surface area contributed by atoms with Crippen LogP contribution in [0.2, 0.25) is 0 Å². The van der Waals surface area contributed by atoms with Crippen LogP contribution in [0.3, 0.4) is 0 Å². The van der Waals surface area contributed by atoms with E-state index in [1.165, 1.54) is 0 Å². The summed E-state index contributed by atoms with van der Waals surface area (Å²) in [5.41, 5.74) is 1.76. The Labute approximate surface area is 136 Å². The molecule has 0 radical (unpaired) electrons. The summed E-state index contributed by atoms with van der Waals surface area (Å²) in [6, 6.07) is 13.6. The number of aromatic nitrogens is 2. The molecule has 1 heterocycles. The molecule has 3 aromatic rings. The molecule has 1 aromatic heterocycles. The minimum Gasteiger partial charge on any atom is -0.454 e. The van der Waals surface area contributed by atoms with Gasteiger partial charge in [0.1, 0.15) is 17.1 Å². The molecule has 0 spiro atoms. The molecule has 1 aliphatic carbocycles. The number of rotatable bonds is 3. The zero-order valence-electron chi connectivity index (χ0n) is 11.8. The Morgan fingerprint density at radius 2 is 1.91 bits per heavy atom. The number of halogens is 1. The zero-order valence-corrected chi connectivity index (χ0v) is 13.4. The van der Waals surface area contributed by atoms with Gasteiger partial charge in [-0.05, 0) is 53.0 Å². The highest BCUT2D eigenvalue weighted by Crippen LogP contribution is 2.40. The number of imidazole rings is 1. The predicted molar refractivity (Wildman–Crippen MR) is 88.3 cm³/mol. The lowest BCUT2D eigenvalue weighted by Crippen LogP contribution is -2.27. The van der Waals surface area contributed by atoms with Gasteiger partial charge in [0.2, 0.25) is 0 Å². The summed E-state index contributed by atoms with van der Waals surface area (Å²) in [4.78, 5) is 8.05. The molecule has 4 nitrogen and oxygen atoms in total. The lowest BCUT2D eigenvalue weighted by Gasteiger charge is -2.29. The van der Waals surface area contributed by atoms with Crippen molar-refractivity contribution in [2.24, 2.45) is 0 Å². The summed E-state index contributed by atoms with van der Waals surface area (Å²) in [5, 5.41) is 9.47. The second-order valence-electron chi connectivity index (χ2n) is 5.63. The average Bonchev–Trinajstić information content (AvgIpc) is 2.92. The number of aromatic amines is 1. The molecule has 2 aromatic carbocycles. The molecule has 0 bridgehead atoms. The lowest BCUT2D eigenvalue weighted by molar-refractivity contribution is 0.0720. The van der Waals surface area contributed by atoms with Gasteiger partial charge in [0, 0.05) is 5.92 Å². The fourth-order valence-electron chi connectivity index (χ4n) is 2.75. The number of nitrogens with one attached hydrogen (secondary N) is 1. The number of fused-ring (bicyclic) bond motifs is 1. The second-order valence-corrected chi connectivity index (χ2v) is 6.49. The predicted octanol–water partition coefficient (Wildman–Crippen LogP) is 4.36. The SMILES string of the molecule is OC1CC(c2nc3c(Oc4ccccc4)c(Br)ccc3[nH]2)C1. The summed E-state index contributed by atoms with van der Waals surface area (Å²) in [7, 11) is 0. The molecule has 0 atom stereocenters. The lowest BCUT2D eigenvalue weighted by atomic mass is 9.82. The normalized spacial score (nSPS) is 20.8. The summed E-state index contributed by atoms with van der Waals surface area (Å²) < 4.78 is 6.88.